The average molecular weight is 456 g/mol. The zero-order valence-electron chi connectivity index (χ0n) is 17.0. The van der Waals surface area contributed by atoms with Gasteiger partial charge in [0.15, 0.2) is 11.7 Å². The zero-order chi connectivity index (χ0) is 22.6. The van der Waals surface area contributed by atoms with E-state index in [0.717, 1.165) is 6.42 Å². The Balaban J connectivity index is 1.36. The number of carbonyl (C=O) groups excluding carboxylic acids is 1. The molecule has 0 aliphatic carbocycles. The number of nitrogens with zero attached hydrogens (tertiary/aromatic N) is 2. The third-order valence-corrected chi connectivity index (χ3v) is 6.19. The van der Waals surface area contributed by atoms with E-state index in [1.807, 2.05) is 0 Å². The van der Waals surface area contributed by atoms with Gasteiger partial charge in [0, 0.05) is 31.5 Å². The van der Waals surface area contributed by atoms with Crippen LogP contribution in [-0.4, -0.2) is 31.7 Å². The van der Waals surface area contributed by atoms with Crippen LogP contribution < -0.4 is 10.0 Å². The van der Waals surface area contributed by atoms with Crippen molar-refractivity contribution in [2.45, 2.75) is 30.6 Å². The Hall–Kier alpha value is -3.53. The standard InChI is InChI=1S/C22H21FN4O4S/c23-18-8-2-1-7-17(18)19-14-25-22(31-19)11-10-21(28)26-15-5-3-6-16(13-15)32(29,30)27-20-9-4-12-24-20/h1-3,5-8,13-14H,4,9-12H2,(H,24,27)(H,26,28). The Bertz CT molecular complexity index is 1270. The molecule has 32 heavy (non-hydrogen) atoms. The van der Waals surface area contributed by atoms with Crippen LogP contribution in [0.4, 0.5) is 10.1 Å². The summed E-state index contributed by atoms with van der Waals surface area (Å²) in [7, 11) is -3.77. The van der Waals surface area contributed by atoms with Crippen LogP contribution in [0.15, 0.2) is 69.0 Å². The predicted octanol–water partition coefficient (Wildman–Crippen LogP) is 3.52. The molecule has 1 aromatic heterocycles. The second-order valence-corrected chi connectivity index (χ2v) is 8.89. The minimum atomic E-state index is -3.77. The van der Waals surface area contributed by atoms with Gasteiger partial charge < -0.3 is 9.73 Å². The first-order valence-corrected chi connectivity index (χ1v) is 11.5. The minimum absolute atomic E-state index is 0.0344. The van der Waals surface area contributed by atoms with Gasteiger partial charge in [-0.3, -0.25) is 14.5 Å². The molecule has 2 N–H and O–H groups in total. The summed E-state index contributed by atoms with van der Waals surface area (Å²) < 4.78 is 47.0. The van der Waals surface area contributed by atoms with E-state index in [1.165, 1.54) is 24.4 Å². The molecule has 2 heterocycles. The molecule has 8 nitrogen and oxygen atoms in total. The van der Waals surface area contributed by atoms with Crippen LogP contribution in [0.25, 0.3) is 11.3 Å². The highest BCUT2D eigenvalue weighted by atomic mass is 32.2. The largest absolute Gasteiger partial charge is 0.441 e. The summed E-state index contributed by atoms with van der Waals surface area (Å²) in [5.74, 6) is 0.280. The average Bonchev–Trinajstić information content (AvgIpc) is 3.45. The molecule has 0 spiro atoms. The van der Waals surface area contributed by atoms with Crippen LogP contribution in [-0.2, 0) is 21.2 Å². The maximum absolute atomic E-state index is 13.9. The van der Waals surface area contributed by atoms with Gasteiger partial charge >= 0.3 is 0 Å². The zero-order valence-corrected chi connectivity index (χ0v) is 17.9. The van der Waals surface area contributed by atoms with Crippen LogP contribution in [0, 0.1) is 5.82 Å². The van der Waals surface area contributed by atoms with Gasteiger partial charge in [0.1, 0.15) is 11.7 Å². The fourth-order valence-corrected chi connectivity index (χ4v) is 4.37. The van der Waals surface area contributed by atoms with Crippen LogP contribution >= 0.6 is 0 Å². The Labute approximate surface area is 184 Å². The maximum atomic E-state index is 13.9. The number of halogens is 1. The molecular formula is C22H21FN4O4S. The second kappa shape index (κ2) is 9.31. The van der Waals surface area contributed by atoms with Crippen LogP contribution in [0.3, 0.4) is 0 Å². The highest BCUT2D eigenvalue weighted by Crippen LogP contribution is 2.24. The fraction of sp³-hybridized carbons (Fsp3) is 0.227. The first-order valence-electron chi connectivity index (χ1n) is 10.1. The lowest BCUT2D eigenvalue weighted by atomic mass is 10.2. The van der Waals surface area contributed by atoms with E-state index < -0.39 is 15.8 Å². The number of hydrogen-bond acceptors (Lipinski definition) is 6. The summed E-state index contributed by atoms with van der Waals surface area (Å²) in [6, 6.07) is 12.2. The van der Waals surface area contributed by atoms with Gasteiger partial charge in [0.2, 0.25) is 5.91 Å². The Morgan fingerprint density at radius 3 is 2.78 bits per heavy atom. The molecule has 4 rings (SSSR count). The number of carbonyl (C=O) groups is 1. The number of aromatic nitrogens is 1. The van der Waals surface area contributed by atoms with Crippen LogP contribution in [0.1, 0.15) is 25.2 Å². The molecular weight excluding hydrogens is 435 g/mol. The van der Waals surface area contributed by atoms with E-state index in [2.05, 4.69) is 20.0 Å². The molecule has 3 aromatic rings. The number of amidine groups is 1. The predicted molar refractivity (Wildman–Crippen MR) is 117 cm³/mol. The molecule has 2 aromatic carbocycles. The SMILES string of the molecule is O=C(CCc1ncc(-c2ccccc2F)o1)Nc1cccc(S(=O)(=O)NC2=NCCC2)c1. The third-order valence-electron chi connectivity index (χ3n) is 4.81. The maximum Gasteiger partial charge on any atom is 0.262 e. The van der Waals surface area contributed by atoms with E-state index in [-0.39, 0.29) is 29.4 Å². The normalized spacial score (nSPS) is 13.6. The molecule has 1 aliphatic rings. The number of nitrogens with one attached hydrogen (secondary N) is 2. The van der Waals surface area contributed by atoms with Crippen molar-refractivity contribution in [3.05, 3.63) is 66.4 Å². The number of anilines is 1. The molecule has 1 aliphatic heterocycles. The smallest absolute Gasteiger partial charge is 0.262 e. The van der Waals surface area contributed by atoms with Crippen molar-refractivity contribution in [1.82, 2.24) is 9.71 Å². The third kappa shape index (κ3) is 5.20. The van der Waals surface area contributed by atoms with Gasteiger partial charge in [-0.15, -0.1) is 0 Å². The first-order chi connectivity index (χ1) is 15.4. The van der Waals surface area contributed by atoms with Gasteiger partial charge in [-0.25, -0.2) is 17.8 Å². The summed E-state index contributed by atoms with van der Waals surface area (Å²) in [5, 5.41) is 2.68. The van der Waals surface area contributed by atoms with Crippen molar-refractivity contribution in [1.29, 1.82) is 0 Å². The number of rotatable bonds is 7. The lowest BCUT2D eigenvalue weighted by Crippen LogP contribution is -2.29. The molecule has 0 unspecified atom stereocenters. The van der Waals surface area contributed by atoms with Gasteiger partial charge in [0.05, 0.1) is 16.7 Å². The van der Waals surface area contributed by atoms with Crippen molar-refractivity contribution in [3.63, 3.8) is 0 Å². The summed E-state index contributed by atoms with van der Waals surface area (Å²) in [6.07, 6.45) is 3.10. The molecule has 1 amide bonds. The molecule has 0 atom stereocenters. The van der Waals surface area contributed by atoms with Gasteiger partial charge in [-0.2, -0.15) is 0 Å². The van der Waals surface area contributed by atoms with Crippen molar-refractivity contribution in [2.24, 2.45) is 4.99 Å². The van der Waals surface area contributed by atoms with Crippen molar-refractivity contribution >= 4 is 27.5 Å². The lowest BCUT2D eigenvalue weighted by Gasteiger charge is -2.10. The van der Waals surface area contributed by atoms with Crippen molar-refractivity contribution < 1.29 is 22.0 Å². The molecule has 0 radical (unpaired) electrons. The van der Waals surface area contributed by atoms with E-state index in [9.17, 15) is 17.6 Å². The molecule has 166 valence electrons. The number of sulfonamides is 1. The number of aliphatic imine (C=N–C) groups is 1. The monoisotopic (exact) mass is 456 g/mol. The van der Waals surface area contributed by atoms with Gasteiger partial charge in [-0.1, -0.05) is 18.2 Å². The Kier molecular flexibility index (Phi) is 6.31. The molecule has 0 saturated heterocycles. The van der Waals surface area contributed by atoms with Crippen LogP contribution in [0.5, 0.6) is 0 Å². The summed E-state index contributed by atoms with van der Waals surface area (Å²) in [4.78, 5) is 20.6. The number of hydrogen-bond donors (Lipinski definition) is 2. The van der Waals surface area contributed by atoms with E-state index in [1.54, 1.807) is 30.3 Å². The molecule has 0 fully saturated rings. The summed E-state index contributed by atoms with van der Waals surface area (Å²) in [6.45, 7) is 0.611. The molecule has 10 heteroatoms. The van der Waals surface area contributed by atoms with Gasteiger partial charge in [0.25, 0.3) is 10.0 Å². The number of amides is 1. The van der Waals surface area contributed by atoms with Crippen molar-refractivity contribution in [3.8, 4) is 11.3 Å². The summed E-state index contributed by atoms with van der Waals surface area (Å²) in [5.41, 5.74) is 0.650. The lowest BCUT2D eigenvalue weighted by molar-refractivity contribution is -0.116. The van der Waals surface area contributed by atoms with E-state index >= 15 is 0 Å². The first kappa shape index (κ1) is 21.7. The Morgan fingerprint density at radius 2 is 2.00 bits per heavy atom. The van der Waals surface area contributed by atoms with E-state index in [0.29, 0.717) is 35.9 Å². The highest BCUT2D eigenvalue weighted by Gasteiger charge is 2.19. The minimum Gasteiger partial charge on any atom is -0.441 e. The molecule has 0 saturated carbocycles. The topological polar surface area (TPSA) is 114 Å². The van der Waals surface area contributed by atoms with Gasteiger partial charge in [-0.05, 0) is 36.8 Å². The second-order valence-electron chi connectivity index (χ2n) is 7.21. The summed E-state index contributed by atoms with van der Waals surface area (Å²) >= 11 is 0. The van der Waals surface area contributed by atoms with E-state index in [4.69, 9.17) is 4.42 Å². The number of oxazole rings is 1. The fourth-order valence-electron chi connectivity index (χ4n) is 3.23. The number of aryl methyl sites for hydroxylation is 1. The van der Waals surface area contributed by atoms with Crippen LogP contribution in [0.2, 0.25) is 0 Å². The highest BCUT2D eigenvalue weighted by molar-refractivity contribution is 7.90. The quantitative estimate of drug-likeness (QED) is 0.565. The molecule has 0 bridgehead atoms. The Morgan fingerprint density at radius 1 is 1.16 bits per heavy atom. The van der Waals surface area contributed by atoms with Crippen molar-refractivity contribution in [2.75, 3.05) is 11.9 Å². The number of benzene rings is 2.